The highest BCUT2D eigenvalue weighted by atomic mass is 16.4. The van der Waals surface area contributed by atoms with E-state index in [4.69, 9.17) is 19.8 Å². The number of rotatable bonds is 0. The summed E-state index contributed by atoms with van der Waals surface area (Å²) in [5.74, 6) is -1.74. The Morgan fingerprint density at radius 3 is 1.06 bits per heavy atom. The van der Waals surface area contributed by atoms with E-state index in [1.54, 1.807) is 0 Å². The Labute approximate surface area is 95.0 Å². The zero-order chi connectivity index (χ0) is 12.6. The Kier molecular flexibility index (Phi) is 7.49. The molecule has 2 aliphatic heterocycles. The molecule has 0 unspecified atom stereocenters. The Balaban J connectivity index is 0.000000211. The fourth-order valence-corrected chi connectivity index (χ4v) is 0.866. The Morgan fingerprint density at radius 1 is 0.875 bits per heavy atom. The van der Waals surface area contributed by atoms with Crippen LogP contribution in [0.15, 0.2) is 0 Å². The first-order valence-corrected chi connectivity index (χ1v) is 5.31. The lowest BCUT2D eigenvalue weighted by atomic mass is 10.1. The summed E-state index contributed by atoms with van der Waals surface area (Å²) in [6.07, 6.45) is 0. The van der Waals surface area contributed by atoms with Crippen molar-refractivity contribution in [3.8, 4) is 0 Å². The molecule has 0 radical (unpaired) electrons. The molecule has 0 aromatic rings. The van der Waals surface area contributed by atoms with Gasteiger partial charge in [-0.2, -0.15) is 0 Å². The third-order valence-corrected chi connectivity index (χ3v) is 2.15. The normalized spacial score (nSPS) is 18.9. The number of carbonyl (C=O) groups is 2. The molecule has 0 bridgehead atoms. The van der Waals surface area contributed by atoms with Gasteiger partial charge in [0.1, 0.15) is 0 Å². The first-order chi connectivity index (χ1) is 7.43. The molecular formula is C10H20N2O4. The summed E-state index contributed by atoms with van der Waals surface area (Å²) in [6.45, 7) is 9.44. The fraction of sp³-hybridized carbons (Fsp3) is 0.800. The number of carboxylic acids is 2. The largest absolute Gasteiger partial charge is 0.473 e. The van der Waals surface area contributed by atoms with Crippen LogP contribution < -0.4 is 10.6 Å². The topological polar surface area (TPSA) is 98.7 Å². The van der Waals surface area contributed by atoms with Gasteiger partial charge < -0.3 is 20.8 Å². The van der Waals surface area contributed by atoms with E-state index in [0.717, 1.165) is 11.8 Å². The Bertz CT molecular complexity index is 201. The second-order valence-corrected chi connectivity index (χ2v) is 4.14. The van der Waals surface area contributed by atoms with E-state index in [2.05, 4.69) is 24.5 Å². The molecule has 0 saturated carbocycles. The molecule has 0 spiro atoms. The molecule has 2 saturated heterocycles. The second kappa shape index (κ2) is 8.06. The van der Waals surface area contributed by atoms with Crippen molar-refractivity contribution in [2.24, 2.45) is 11.8 Å². The molecule has 6 heteroatoms. The van der Waals surface area contributed by atoms with Crippen LogP contribution in [0.5, 0.6) is 0 Å². The molecule has 16 heavy (non-hydrogen) atoms. The highest BCUT2D eigenvalue weighted by Crippen LogP contribution is 1.97. The number of nitrogens with one attached hydrogen (secondary N) is 2. The van der Waals surface area contributed by atoms with Gasteiger partial charge >= 0.3 is 11.9 Å². The summed E-state index contributed by atoms with van der Waals surface area (Å²) < 4.78 is 0. The molecule has 6 nitrogen and oxygen atoms in total. The van der Waals surface area contributed by atoms with E-state index >= 15 is 0 Å². The van der Waals surface area contributed by atoms with Crippen LogP contribution in [-0.2, 0) is 9.59 Å². The van der Waals surface area contributed by atoms with Crippen LogP contribution in [0.2, 0.25) is 0 Å². The zero-order valence-corrected chi connectivity index (χ0v) is 9.69. The van der Waals surface area contributed by atoms with Crippen molar-refractivity contribution < 1.29 is 19.8 Å². The zero-order valence-electron chi connectivity index (χ0n) is 9.69. The van der Waals surface area contributed by atoms with Gasteiger partial charge in [-0.3, -0.25) is 0 Å². The van der Waals surface area contributed by atoms with Gasteiger partial charge in [-0.15, -0.1) is 0 Å². The Morgan fingerprint density at radius 2 is 1.06 bits per heavy atom. The van der Waals surface area contributed by atoms with Gasteiger partial charge in [-0.1, -0.05) is 13.8 Å². The minimum Gasteiger partial charge on any atom is -0.473 e. The van der Waals surface area contributed by atoms with Crippen LogP contribution in [-0.4, -0.2) is 48.3 Å². The standard InChI is InChI=1S/2C4H9N.C2H2O4/c2*1-4-2-5-3-4;3-1(4)2(5)6/h2*4-5H,2-3H2,1H3;(H,3,4)(H,5,6). The van der Waals surface area contributed by atoms with Gasteiger partial charge in [0.05, 0.1) is 0 Å². The molecule has 2 heterocycles. The highest BCUT2D eigenvalue weighted by molar-refractivity contribution is 6.27. The molecule has 0 aliphatic carbocycles. The van der Waals surface area contributed by atoms with Gasteiger partial charge in [0.25, 0.3) is 0 Å². The van der Waals surface area contributed by atoms with Crippen molar-refractivity contribution in [1.82, 2.24) is 10.6 Å². The summed E-state index contributed by atoms with van der Waals surface area (Å²) in [6, 6.07) is 0. The monoisotopic (exact) mass is 232 g/mol. The van der Waals surface area contributed by atoms with Gasteiger partial charge in [0, 0.05) is 0 Å². The smallest absolute Gasteiger partial charge is 0.414 e. The first kappa shape index (κ1) is 14.9. The predicted octanol–water partition coefficient (Wildman–Crippen LogP) is -0.393. The van der Waals surface area contributed by atoms with Crippen molar-refractivity contribution in [2.45, 2.75) is 13.8 Å². The molecule has 0 aromatic heterocycles. The molecule has 0 amide bonds. The van der Waals surface area contributed by atoms with Crippen molar-refractivity contribution >= 4 is 11.9 Å². The second-order valence-electron chi connectivity index (χ2n) is 4.14. The lowest BCUT2D eigenvalue weighted by Crippen LogP contribution is -2.39. The first-order valence-electron chi connectivity index (χ1n) is 5.31. The van der Waals surface area contributed by atoms with Crippen LogP contribution in [0.1, 0.15) is 13.8 Å². The van der Waals surface area contributed by atoms with Crippen LogP contribution >= 0.6 is 0 Å². The van der Waals surface area contributed by atoms with E-state index in [1.807, 2.05) is 0 Å². The molecular weight excluding hydrogens is 212 g/mol. The number of hydrogen-bond donors (Lipinski definition) is 4. The van der Waals surface area contributed by atoms with Crippen molar-refractivity contribution in [3.63, 3.8) is 0 Å². The molecule has 2 rings (SSSR count). The van der Waals surface area contributed by atoms with Crippen LogP contribution in [0.4, 0.5) is 0 Å². The molecule has 2 aliphatic rings. The lowest BCUT2D eigenvalue weighted by Gasteiger charge is -2.21. The molecule has 4 N–H and O–H groups in total. The van der Waals surface area contributed by atoms with E-state index in [1.165, 1.54) is 26.2 Å². The predicted molar refractivity (Wildman–Crippen MR) is 59.3 cm³/mol. The van der Waals surface area contributed by atoms with E-state index in [-0.39, 0.29) is 0 Å². The summed E-state index contributed by atoms with van der Waals surface area (Å²) in [5.41, 5.74) is 0. The summed E-state index contributed by atoms with van der Waals surface area (Å²) in [7, 11) is 0. The molecule has 2 fully saturated rings. The maximum Gasteiger partial charge on any atom is 0.414 e. The maximum atomic E-state index is 9.10. The van der Waals surface area contributed by atoms with Crippen molar-refractivity contribution in [3.05, 3.63) is 0 Å². The third kappa shape index (κ3) is 8.19. The average molecular weight is 232 g/mol. The summed E-state index contributed by atoms with van der Waals surface area (Å²) in [5, 5.41) is 21.1. The Hall–Kier alpha value is -1.14. The SMILES string of the molecule is CC1CNC1.CC1CNC1.O=C(O)C(=O)O. The van der Waals surface area contributed by atoms with Crippen LogP contribution in [0, 0.1) is 11.8 Å². The quantitative estimate of drug-likeness (QED) is 0.424. The van der Waals surface area contributed by atoms with Crippen LogP contribution in [0.3, 0.4) is 0 Å². The van der Waals surface area contributed by atoms with E-state index in [0.29, 0.717) is 0 Å². The van der Waals surface area contributed by atoms with Gasteiger partial charge in [-0.05, 0) is 38.0 Å². The number of carboxylic acid groups (broad SMARTS) is 2. The van der Waals surface area contributed by atoms with E-state index < -0.39 is 11.9 Å². The van der Waals surface area contributed by atoms with E-state index in [9.17, 15) is 0 Å². The fourth-order valence-electron chi connectivity index (χ4n) is 0.866. The molecule has 0 atom stereocenters. The molecule has 0 aromatic carbocycles. The van der Waals surface area contributed by atoms with Crippen molar-refractivity contribution in [1.29, 1.82) is 0 Å². The summed E-state index contributed by atoms with van der Waals surface area (Å²) >= 11 is 0. The summed E-state index contributed by atoms with van der Waals surface area (Å²) in [4.78, 5) is 18.2. The average Bonchev–Trinajstić information content (AvgIpc) is 2.13. The van der Waals surface area contributed by atoms with Crippen LogP contribution in [0.25, 0.3) is 0 Å². The van der Waals surface area contributed by atoms with Gasteiger partial charge in [0.15, 0.2) is 0 Å². The highest BCUT2D eigenvalue weighted by Gasteiger charge is 2.08. The number of hydrogen-bond acceptors (Lipinski definition) is 4. The lowest BCUT2D eigenvalue weighted by molar-refractivity contribution is -0.159. The maximum absolute atomic E-state index is 9.10. The minimum atomic E-state index is -1.82. The third-order valence-electron chi connectivity index (χ3n) is 2.15. The van der Waals surface area contributed by atoms with Gasteiger partial charge in [0.2, 0.25) is 0 Å². The van der Waals surface area contributed by atoms with Gasteiger partial charge in [-0.25, -0.2) is 9.59 Å². The van der Waals surface area contributed by atoms with Crippen molar-refractivity contribution in [2.75, 3.05) is 26.2 Å². The molecule has 94 valence electrons. The minimum absolute atomic E-state index is 0.954. The number of aliphatic carboxylic acids is 2.